The Morgan fingerprint density at radius 1 is 1.38 bits per heavy atom. The summed E-state index contributed by atoms with van der Waals surface area (Å²) in [6.07, 6.45) is 6.77. The van der Waals surface area contributed by atoms with Gasteiger partial charge in [0.2, 0.25) is 10.0 Å². The number of sulfonamides is 1. The number of nitrogens with zero attached hydrogens (tertiary/aromatic N) is 3. The molecule has 21 heavy (non-hydrogen) atoms. The van der Waals surface area contributed by atoms with Gasteiger partial charge in [0.05, 0.1) is 6.26 Å². The average molecular weight is 312 g/mol. The SMILES string of the molecule is CCCc1cnc(C)nc1NC1CCN(S(C)(=O)=O)CC1. The van der Waals surface area contributed by atoms with Gasteiger partial charge in [-0.05, 0) is 26.2 Å². The Balaban J connectivity index is 2.02. The minimum absolute atomic E-state index is 0.271. The molecule has 0 aromatic carbocycles. The molecule has 1 saturated heterocycles. The molecule has 1 aromatic heterocycles. The first kappa shape index (κ1) is 16.2. The van der Waals surface area contributed by atoms with Gasteiger partial charge in [0.15, 0.2) is 0 Å². The molecule has 6 nitrogen and oxygen atoms in total. The minimum Gasteiger partial charge on any atom is -0.367 e. The van der Waals surface area contributed by atoms with Crippen molar-refractivity contribution in [3.63, 3.8) is 0 Å². The largest absolute Gasteiger partial charge is 0.367 e. The number of aryl methyl sites for hydroxylation is 2. The maximum absolute atomic E-state index is 11.5. The third-order valence-corrected chi connectivity index (χ3v) is 5.07. The van der Waals surface area contributed by atoms with Crippen molar-refractivity contribution in [3.8, 4) is 0 Å². The highest BCUT2D eigenvalue weighted by Crippen LogP contribution is 2.20. The first-order valence-corrected chi connectivity index (χ1v) is 9.29. The van der Waals surface area contributed by atoms with Crippen molar-refractivity contribution >= 4 is 15.8 Å². The Labute approximate surface area is 127 Å². The van der Waals surface area contributed by atoms with E-state index in [0.717, 1.165) is 42.9 Å². The highest BCUT2D eigenvalue weighted by Gasteiger charge is 2.25. The summed E-state index contributed by atoms with van der Waals surface area (Å²) in [6, 6.07) is 0.271. The Morgan fingerprint density at radius 3 is 2.62 bits per heavy atom. The van der Waals surface area contributed by atoms with Crippen LogP contribution in [-0.4, -0.2) is 48.1 Å². The molecule has 0 spiro atoms. The van der Waals surface area contributed by atoms with E-state index in [1.165, 1.54) is 6.26 Å². The lowest BCUT2D eigenvalue weighted by molar-refractivity contribution is 0.331. The zero-order chi connectivity index (χ0) is 15.5. The molecular formula is C14H24N4O2S. The monoisotopic (exact) mass is 312 g/mol. The Kier molecular flexibility index (Phi) is 5.16. The number of nitrogens with one attached hydrogen (secondary N) is 1. The number of hydrogen-bond donors (Lipinski definition) is 1. The second-order valence-corrected chi connectivity index (χ2v) is 7.60. The van der Waals surface area contributed by atoms with Crippen LogP contribution in [0.15, 0.2) is 6.20 Å². The number of rotatable bonds is 5. The van der Waals surface area contributed by atoms with Crippen molar-refractivity contribution in [2.75, 3.05) is 24.7 Å². The second-order valence-electron chi connectivity index (χ2n) is 5.62. The van der Waals surface area contributed by atoms with E-state index in [1.807, 2.05) is 13.1 Å². The third kappa shape index (κ3) is 4.38. The van der Waals surface area contributed by atoms with Crippen molar-refractivity contribution in [2.24, 2.45) is 0 Å². The smallest absolute Gasteiger partial charge is 0.211 e. The summed E-state index contributed by atoms with van der Waals surface area (Å²) in [5.41, 5.74) is 1.13. The Bertz CT molecular complexity index is 581. The summed E-state index contributed by atoms with van der Waals surface area (Å²) in [6.45, 7) is 5.16. The standard InChI is InChI=1S/C14H24N4O2S/c1-4-5-12-10-15-11(2)16-14(12)17-13-6-8-18(9-7-13)21(3,19)20/h10,13H,4-9H2,1-3H3,(H,15,16,17). The molecule has 7 heteroatoms. The molecule has 0 saturated carbocycles. The second kappa shape index (κ2) is 6.70. The molecular weight excluding hydrogens is 288 g/mol. The molecule has 1 aliphatic rings. The first-order chi connectivity index (χ1) is 9.90. The van der Waals surface area contributed by atoms with Gasteiger partial charge < -0.3 is 5.32 Å². The van der Waals surface area contributed by atoms with E-state index in [0.29, 0.717) is 13.1 Å². The molecule has 1 aromatic rings. The van der Waals surface area contributed by atoms with Crippen molar-refractivity contribution in [3.05, 3.63) is 17.6 Å². The van der Waals surface area contributed by atoms with Crippen LogP contribution in [0.5, 0.6) is 0 Å². The molecule has 1 aliphatic heterocycles. The fourth-order valence-corrected chi connectivity index (χ4v) is 3.47. The zero-order valence-corrected chi connectivity index (χ0v) is 13.8. The maximum atomic E-state index is 11.5. The van der Waals surface area contributed by atoms with Crippen LogP contribution >= 0.6 is 0 Å². The van der Waals surface area contributed by atoms with Gasteiger partial charge in [-0.2, -0.15) is 0 Å². The van der Waals surface area contributed by atoms with E-state index in [2.05, 4.69) is 22.2 Å². The van der Waals surface area contributed by atoms with E-state index in [4.69, 9.17) is 0 Å². The van der Waals surface area contributed by atoms with Crippen LogP contribution in [0.3, 0.4) is 0 Å². The molecule has 1 N–H and O–H groups in total. The highest BCUT2D eigenvalue weighted by atomic mass is 32.2. The van der Waals surface area contributed by atoms with Gasteiger partial charge in [0.25, 0.3) is 0 Å². The van der Waals surface area contributed by atoms with Crippen molar-refractivity contribution < 1.29 is 8.42 Å². The summed E-state index contributed by atoms with van der Waals surface area (Å²) < 4.78 is 24.6. The third-order valence-electron chi connectivity index (χ3n) is 3.77. The summed E-state index contributed by atoms with van der Waals surface area (Å²) in [7, 11) is -3.07. The molecule has 2 heterocycles. The molecule has 0 unspecified atom stereocenters. The van der Waals surface area contributed by atoms with Crippen LogP contribution in [-0.2, 0) is 16.4 Å². The van der Waals surface area contributed by atoms with E-state index >= 15 is 0 Å². The molecule has 0 aliphatic carbocycles. The number of piperidine rings is 1. The molecule has 2 rings (SSSR count). The fourth-order valence-electron chi connectivity index (χ4n) is 2.60. The van der Waals surface area contributed by atoms with Gasteiger partial charge in [-0.15, -0.1) is 0 Å². The summed E-state index contributed by atoms with van der Waals surface area (Å²) in [5.74, 6) is 1.66. The van der Waals surface area contributed by atoms with Gasteiger partial charge in [-0.3, -0.25) is 0 Å². The Hall–Kier alpha value is -1.21. The molecule has 0 radical (unpaired) electrons. The van der Waals surface area contributed by atoms with Crippen molar-refractivity contribution in [2.45, 2.75) is 45.6 Å². The highest BCUT2D eigenvalue weighted by molar-refractivity contribution is 7.88. The molecule has 118 valence electrons. The zero-order valence-electron chi connectivity index (χ0n) is 13.0. The van der Waals surface area contributed by atoms with Gasteiger partial charge >= 0.3 is 0 Å². The lowest BCUT2D eigenvalue weighted by Crippen LogP contribution is -2.42. The van der Waals surface area contributed by atoms with E-state index < -0.39 is 10.0 Å². The molecule has 0 bridgehead atoms. The average Bonchev–Trinajstić information content (AvgIpc) is 2.42. The lowest BCUT2D eigenvalue weighted by atomic mass is 10.1. The van der Waals surface area contributed by atoms with Crippen LogP contribution in [0.25, 0.3) is 0 Å². The lowest BCUT2D eigenvalue weighted by Gasteiger charge is -2.31. The number of aromatic nitrogens is 2. The molecule has 0 amide bonds. The van der Waals surface area contributed by atoms with Crippen molar-refractivity contribution in [1.82, 2.24) is 14.3 Å². The first-order valence-electron chi connectivity index (χ1n) is 7.44. The predicted molar refractivity (Wildman–Crippen MR) is 83.8 cm³/mol. The van der Waals surface area contributed by atoms with E-state index in [-0.39, 0.29) is 6.04 Å². The quantitative estimate of drug-likeness (QED) is 0.893. The van der Waals surface area contributed by atoms with Gasteiger partial charge in [-0.1, -0.05) is 13.3 Å². The van der Waals surface area contributed by atoms with Gasteiger partial charge in [0.1, 0.15) is 11.6 Å². The van der Waals surface area contributed by atoms with Crippen LogP contribution in [0.4, 0.5) is 5.82 Å². The van der Waals surface area contributed by atoms with Crippen molar-refractivity contribution in [1.29, 1.82) is 0 Å². The van der Waals surface area contributed by atoms with E-state index in [9.17, 15) is 8.42 Å². The van der Waals surface area contributed by atoms with Crippen LogP contribution in [0.1, 0.15) is 37.6 Å². The summed E-state index contributed by atoms with van der Waals surface area (Å²) in [5, 5.41) is 3.47. The van der Waals surface area contributed by atoms with E-state index in [1.54, 1.807) is 4.31 Å². The topological polar surface area (TPSA) is 75.2 Å². The van der Waals surface area contributed by atoms with Crippen LogP contribution in [0.2, 0.25) is 0 Å². The predicted octanol–water partition coefficient (Wildman–Crippen LogP) is 1.57. The molecule has 1 fully saturated rings. The summed E-state index contributed by atoms with van der Waals surface area (Å²) >= 11 is 0. The van der Waals surface area contributed by atoms with Gasteiger partial charge in [-0.25, -0.2) is 22.7 Å². The van der Waals surface area contributed by atoms with Crippen LogP contribution < -0.4 is 5.32 Å². The number of hydrogen-bond acceptors (Lipinski definition) is 5. The molecule has 0 atom stereocenters. The Morgan fingerprint density at radius 2 is 2.05 bits per heavy atom. The number of anilines is 1. The maximum Gasteiger partial charge on any atom is 0.211 e. The van der Waals surface area contributed by atoms with Gasteiger partial charge in [0, 0.05) is 30.9 Å². The minimum atomic E-state index is -3.07. The summed E-state index contributed by atoms with van der Waals surface area (Å²) in [4.78, 5) is 8.76. The fraction of sp³-hybridized carbons (Fsp3) is 0.714. The normalized spacial score (nSPS) is 17.9. The van der Waals surface area contributed by atoms with Crippen LogP contribution in [0, 0.1) is 6.92 Å².